The van der Waals surface area contributed by atoms with Gasteiger partial charge in [-0.05, 0) is 32.2 Å². The van der Waals surface area contributed by atoms with Gasteiger partial charge in [0.1, 0.15) is 5.82 Å². The van der Waals surface area contributed by atoms with Crippen LogP contribution in [0, 0.1) is 0 Å². The zero-order valence-corrected chi connectivity index (χ0v) is 11.4. The fraction of sp³-hybridized carbons (Fsp3) is 0.846. The Morgan fingerprint density at radius 1 is 1.21 bits per heavy atom. The first-order chi connectivity index (χ1) is 9.42. The van der Waals surface area contributed by atoms with Crippen molar-refractivity contribution in [3.05, 3.63) is 5.82 Å². The quantitative estimate of drug-likeness (QED) is 0.843. The lowest BCUT2D eigenvalue weighted by Gasteiger charge is -2.21. The third-order valence-electron chi connectivity index (χ3n) is 3.84. The van der Waals surface area contributed by atoms with E-state index in [1.807, 2.05) is 0 Å². The van der Waals surface area contributed by atoms with Crippen LogP contribution in [0.1, 0.15) is 31.5 Å². The molecular weight excluding hydrogens is 242 g/mol. The number of aromatic amines is 1. The van der Waals surface area contributed by atoms with Crippen LogP contribution in [0.2, 0.25) is 0 Å². The van der Waals surface area contributed by atoms with Gasteiger partial charge in [0.2, 0.25) is 5.95 Å². The van der Waals surface area contributed by atoms with E-state index >= 15 is 0 Å². The first kappa shape index (κ1) is 12.9. The molecule has 1 atom stereocenters. The van der Waals surface area contributed by atoms with Crippen LogP contribution in [0.4, 0.5) is 5.95 Å². The van der Waals surface area contributed by atoms with Gasteiger partial charge in [-0.3, -0.25) is 5.10 Å². The SMILES string of the molecule is C1CCC(Cc2nc(N3CCCNCC3)n[nH]2)OC1. The highest BCUT2D eigenvalue weighted by molar-refractivity contribution is 5.28. The standard InChI is InChI=1S/C13H23N5O/c1-2-9-19-11(4-1)10-12-15-13(17-16-12)18-7-3-5-14-6-8-18/h11,14H,1-10H2,(H,15,16,17). The van der Waals surface area contributed by atoms with E-state index in [0.717, 1.165) is 63.8 Å². The number of hydrogen-bond acceptors (Lipinski definition) is 5. The van der Waals surface area contributed by atoms with Crippen LogP contribution in [0.3, 0.4) is 0 Å². The molecule has 1 aromatic heterocycles. The second-order valence-electron chi connectivity index (χ2n) is 5.37. The summed E-state index contributed by atoms with van der Waals surface area (Å²) in [5.74, 6) is 1.80. The number of aromatic nitrogens is 3. The highest BCUT2D eigenvalue weighted by atomic mass is 16.5. The van der Waals surface area contributed by atoms with E-state index in [-0.39, 0.29) is 0 Å². The minimum absolute atomic E-state index is 0.320. The molecule has 1 aromatic rings. The lowest BCUT2D eigenvalue weighted by Crippen LogP contribution is -2.28. The second kappa shape index (κ2) is 6.34. The largest absolute Gasteiger partial charge is 0.378 e. The molecule has 2 fully saturated rings. The van der Waals surface area contributed by atoms with Crippen LogP contribution >= 0.6 is 0 Å². The van der Waals surface area contributed by atoms with E-state index < -0.39 is 0 Å². The van der Waals surface area contributed by atoms with Crippen molar-refractivity contribution in [2.45, 2.75) is 38.2 Å². The van der Waals surface area contributed by atoms with Crippen LogP contribution < -0.4 is 10.2 Å². The molecule has 0 aromatic carbocycles. The van der Waals surface area contributed by atoms with Gasteiger partial charge in [-0.25, -0.2) is 0 Å². The molecule has 0 amide bonds. The molecule has 6 heteroatoms. The average Bonchev–Trinajstić information content (AvgIpc) is 2.74. The van der Waals surface area contributed by atoms with Crippen molar-refractivity contribution in [3.63, 3.8) is 0 Å². The molecule has 0 spiro atoms. The summed E-state index contributed by atoms with van der Waals surface area (Å²) in [5.41, 5.74) is 0. The Morgan fingerprint density at radius 3 is 3.11 bits per heavy atom. The molecule has 2 aliphatic heterocycles. The summed E-state index contributed by atoms with van der Waals surface area (Å²) in [4.78, 5) is 6.87. The molecule has 3 rings (SSSR count). The maximum atomic E-state index is 5.75. The van der Waals surface area contributed by atoms with Gasteiger partial charge in [-0.2, -0.15) is 4.98 Å². The second-order valence-corrected chi connectivity index (χ2v) is 5.37. The zero-order valence-electron chi connectivity index (χ0n) is 11.4. The van der Waals surface area contributed by atoms with Crippen molar-refractivity contribution >= 4 is 5.95 Å². The van der Waals surface area contributed by atoms with Crippen LogP contribution in [-0.4, -0.2) is 54.1 Å². The summed E-state index contributed by atoms with van der Waals surface area (Å²) in [7, 11) is 0. The number of nitrogens with zero attached hydrogens (tertiary/aromatic N) is 3. The molecule has 3 heterocycles. The van der Waals surface area contributed by atoms with Gasteiger partial charge in [0.15, 0.2) is 0 Å². The first-order valence-corrected chi connectivity index (χ1v) is 7.40. The highest BCUT2D eigenvalue weighted by Crippen LogP contribution is 2.17. The normalized spacial score (nSPS) is 25.3. The van der Waals surface area contributed by atoms with Crippen molar-refractivity contribution in [2.75, 3.05) is 37.7 Å². The highest BCUT2D eigenvalue weighted by Gasteiger charge is 2.18. The lowest BCUT2D eigenvalue weighted by atomic mass is 10.1. The minimum Gasteiger partial charge on any atom is -0.378 e. The molecule has 0 saturated carbocycles. The van der Waals surface area contributed by atoms with Crippen LogP contribution in [0.25, 0.3) is 0 Å². The number of rotatable bonds is 3. The molecule has 0 aliphatic carbocycles. The van der Waals surface area contributed by atoms with E-state index in [1.54, 1.807) is 0 Å². The average molecular weight is 265 g/mol. The molecule has 0 radical (unpaired) electrons. The number of H-pyrrole nitrogens is 1. The van der Waals surface area contributed by atoms with E-state index in [0.29, 0.717) is 6.10 Å². The van der Waals surface area contributed by atoms with E-state index in [2.05, 4.69) is 25.4 Å². The Hall–Kier alpha value is -1.14. The molecule has 2 saturated heterocycles. The van der Waals surface area contributed by atoms with Crippen molar-refractivity contribution < 1.29 is 4.74 Å². The first-order valence-electron chi connectivity index (χ1n) is 7.40. The Labute approximate surface area is 113 Å². The van der Waals surface area contributed by atoms with Gasteiger partial charge < -0.3 is 15.0 Å². The Morgan fingerprint density at radius 2 is 2.21 bits per heavy atom. The van der Waals surface area contributed by atoms with Gasteiger partial charge in [-0.1, -0.05) is 0 Å². The third kappa shape index (κ3) is 3.45. The maximum Gasteiger partial charge on any atom is 0.244 e. The Balaban J connectivity index is 1.58. The molecule has 2 aliphatic rings. The summed E-state index contributed by atoms with van der Waals surface area (Å²) >= 11 is 0. The number of hydrogen-bond donors (Lipinski definition) is 2. The van der Waals surface area contributed by atoms with Gasteiger partial charge in [0.05, 0.1) is 6.10 Å². The molecule has 0 bridgehead atoms. The van der Waals surface area contributed by atoms with E-state index in [1.165, 1.54) is 12.8 Å². The number of ether oxygens (including phenoxy) is 1. The fourth-order valence-corrected chi connectivity index (χ4v) is 2.75. The van der Waals surface area contributed by atoms with Crippen LogP contribution in [0.5, 0.6) is 0 Å². The molecule has 1 unspecified atom stereocenters. The summed E-state index contributed by atoms with van der Waals surface area (Å²) in [6.45, 7) is 5.00. The van der Waals surface area contributed by atoms with E-state index in [4.69, 9.17) is 4.74 Å². The van der Waals surface area contributed by atoms with Crippen LogP contribution in [0.15, 0.2) is 0 Å². The van der Waals surface area contributed by atoms with Gasteiger partial charge >= 0.3 is 0 Å². The topological polar surface area (TPSA) is 66.1 Å². The van der Waals surface area contributed by atoms with Gasteiger partial charge in [0, 0.05) is 32.7 Å². The third-order valence-corrected chi connectivity index (χ3v) is 3.84. The molecule has 106 valence electrons. The number of nitrogens with one attached hydrogen (secondary N) is 2. The van der Waals surface area contributed by atoms with Crippen molar-refractivity contribution in [1.29, 1.82) is 0 Å². The van der Waals surface area contributed by atoms with Gasteiger partial charge in [-0.15, -0.1) is 5.10 Å². The molecule has 6 nitrogen and oxygen atoms in total. The summed E-state index contributed by atoms with van der Waals surface area (Å²) < 4.78 is 5.75. The van der Waals surface area contributed by atoms with E-state index in [9.17, 15) is 0 Å². The summed E-state index contributed by atoms with van der Waals surface area (Å²) in [6, 6.07) is 0. The lowest BCUT2D eigenvalue weighted by molar-refractivity contribution is 0.0157. The zero-order chi connectivity index (χ0) is 12.9. The van der Waals surface area contributed by atoms with Gasteiger partial charge in [0.25, 0.3) is 0 Å². The predicted octanol–water partition coefficient (Wildman–Crippen LogP) is 0.716. The molecular formula is C13H23N5O. The molecule has 19 heavy (non-hydrogen) atoms. The maximum absolute atomic E-state index is 5.75. The molecule has 2 N–H and O–H groups in total. The summed E-state index contributed by atoms with van der Waals surface area (Å²) in [6.07, 6.45) is 5.93. The Kier molecular flexibility index (Phi) is 4.30. The fourth-order valence-electron chi connectivity index (χ4n) is 2.75. The smallest absolute Gasteiger partial charge is 0.244 e. The van der Waals surface area contributed by atoms with Crippen LogP contribution in [-0.2, 0) is 11.2 Å². The van der Waals surface area contributed by atoms with Crippen molar-refractivity contribution in [2.24, 2.45) is 0 Å². The summed E-state index contributed by atoms with van der Waals surface area (Å²) in [5, 5.41) is 10.8. The van der Waals surface area contributed by atoms with Crippen molar-refractivity contribution in [1.82, 2.24) is 20.5 Å². The number of anilines is 1. The minimum atomic E-state index is 0.320. The predicted molar refractivity (Wildman–Crippen MR) is 73.4 cm³/mol. The monoisotopic (exact) mass is 265 g/mol. The van der Waals surface area contributed by atoms with Crippen molar-refractivity contribution in [3.8, 4) is 0 Å². The Bertz CT molecular complexity index is 380.